The number of anilines is 2. The first-order chi connectivity index (χ1) is 14.6. The van der Waals surface area contributed by atoms with Gasteiger partial charge in [-0.2, -0.15) is 0 Å². The summed E-state index contributed by atoms with van der Waals surface area (Å²) in [7, 11) is 0. The van der Waals surface area contributed by atoms with Gasteiger partial charge in [0.05, 0.1) is 11.4 Å². The van der Waals surface area contributed by atoms with Crippen LogP contribution in [0, 0.1) is 6.92 Å². The van der Waals surface area contributed by atoms with E-state index in [1.54, 1.807) is 37.5 Å². The molecule has 0 spiro atoms. The van der Waals surface area contributed by atoms with Gasteiger partial charge in [0.15, 0.2) is 11.0 Å². The number of benzene rings is 1. The molecular formula is C21H17N5O3S. The Morgan fingerprint density at radius 3 is 2.77 bits per heavy atom. The average Bonchev–Trinajstić information content (AvgIpc) is 3.30. The van der Waals surface area contributed by atoms with Gasteiger partial charge in [-0.1, -0.05) is 41.2 Å². The van der Waals surface area contributed by atoms with Crippen molar-refractivity contribution in [2.75, 3.05) is 16.0 Å². The lowest BCUT2D eigenvalue weighted by Gasteiger charge is -2.17. The molecule has 30 heavy (non-hydrogen) atoms. The molecule has 1 N–H and O–H groups in total. The number of nitrogens with one attached hydrogen (secondary N) is 1. The zero-order valence-electron chi connectivity index (χ0n) is 16.0. The van der Waals surface area contributed by atoms with Crippen molar-refractivity contribution in [3.05, 3.63) is 77.9 Å². The number of hydrogen-bond acceptors (Lipinski definition) is 7. The second kappa shape index (κ2) is 8.75. The largest absolute Gasteiger partial charge is 0.360 e. The molecule has 3 aromatic rings. The van der Waals surface area contributed by atoms with E-state index in [0.29, 0.717) is 22.4 Å². The van der Waals surface area contributed by atoms with Crippen molar-refractivity contribution in [2.45, 2.75) is 6.92 Å². The standard InChI is InChI=1S/C21H17N5O3S/c1-14-10-18(25-29-14)24-19(27)13-30-21-23-17(11-15-6-5-9-22-12-15)20(28)26(21)16-7-3-2-4-8-16/h2-12H,13H2,1H3,(H,24,25,27)/b17-11+. The minimum atomic E-state index is -0.277. The smallest absolute Gasteiger partial charge is 0.283 e. The number of carbonyl (C=O) groups excluding carboxylic acids is 2. The van der Waals surface area contributed by atoms with Gasteiger partial charge in [0.1, 0.15) is 11.5 Å². The van der Waals surface area contributed by atoms with Gasteiger partial charge in [0.2, 0.25) is 5.91 Å². The van der Waals surface area contributed by atoms with E-state index in [1.165, 1.54) is 16.7 Å². The molecule has 0 unspecified atom stereocenters. The summed E-state index contributed by atoms with van der Waals surface area (Å²) in [4.78, 5) is 35.4. The van der Waals surface area contributed by atoms with Crippen molar-refractivity contribution in [1.29, 1.82) is 0 Å². The van der Waals surface area contributed by atoms with Crippen molar-refractivity contribution in [3.63, 3.8) is 0 Å². The number of carbonyl (C=O) groups is 2. The predicted molar refractivity (Wildman–Crippen MR) is 116 cm³/mol. The highest BCUT2D eigenvalue weighted by molar-refractivity contribution is 8.14. The topological polar surface area (TPSA) is 101 Å². The molecule has 2 aromatic heterocycles. The summed E-state index contributed by atoms with van der Waals surface area (Å²) in [5, 5.41) is 6.82. The minimum Gasteiger partial charge on any atom is -0.360 e. The van der Waals surface area contributed by atoms with Crippen LogP contribution in [0.2, 0.25) is 0 Å². The summed E-state index contributed by atoms with van der Waals surface area (Å²) < 4.78 is 4.94. The summed E-state index contributed by atoms with van der Waals surface area (Å²) in [5.74, 6) is 0.464. The maximum absolute atomic E-state index is 13.0. The molecular weight excluding hydrogens is 402 g/mol. The third kappa shape index (κ3) is 4.47. The van der Waals surface area contributed by atoms with Crippen molar-refractivity contribution in [3.8, 4) is 0 Å². The fourth-order valence-electron chi connectivity index (χ4n) is 2.75. The third-order valence-electron chi connectivity index (χ3n) is 4.06. The highest BCUT2D eigenvalue weighted by Crippen LogP contribution is 2.29. The number of amides is 2. The van der Waals surface area contributed by atoms with Crippen LogP contribution in [0.4, 0.5) is 11.5 Å². The molecule has 8 nitrogen and oxygen atoms in total. The van der Waals surface area contributed by atoms with Crippen LogP contribution >= 0.6 is 11.8 Å². The summed E-state index contributed by atoms with van der Waals surface area (Å²) in [6.45, 7) is 1.74. The molecule has 3 heterocycles. The number of pyridine rings is 1. The summed E-state index contributed by atoms with van der Waals surface area (Å²) in [6, 6.07) is 14.4. The first-order valence-electron chi connectivity index (χ1n) is 9.06. The van der Waals surface area contributed by atoms with E-state index in [9.17, 15) is 9.59 Å². The van der Waals surface area contributed by atoms with Gasteiger partial charge in [0, 0.05) is 18.5 Å². The normalized spacial score (nSPS) is 14.8. The number of para-hydroxylation sites is 1. The molecule has 0 radical (unpaired) electrons. The maximum Gasteiger partial charge on any atom is 0.283 e. The van der Waals surface area contributed by atoms with Crippen LogP contribution in [0.15, 0.2) is 76.1 Å². The Morgan fingerprint density at radius 2 is 2.07 bits per heavy atom. The summed E-state index contributed by atoms with van der Waals surface area (Å²) in [6.07, 6.45) is 4.99. The monoisotopic (exact) mass is 419 g/mol. The first kappa shape index (κ1) is 19.6. The Kier molecular flexibility index (Phi) is 5.71. The molecule has 150 valence electrons. The van der Waals surface area contributed by atoms with Crippen LogP contribution < -0.4 is 10.2 Å². The number of aliphatic imine (C=N–C) groups is 1. The van der Waals surface area contributed by atoms with Crippen molar-refractivity contribution in [2.24, 2.45) is 4.99 Å². The Bertz CT molecular complexity index is 1130. The molecule has 1 aliphatic heterocycles. The molecule has 9 heteroatoms. The lowest BCUT2D eigenvalue weighted by molar-refractivity contribution is -0.114. The Balaban J connectivity index is 1.55. The highest BCUT2D eigenvalue weighted by Gasteiger charge is 2.32. The number of thioether (sulfide) groups is 1. The van der Waals surface area contributed by atoms with Crippen LogP contribution in [0.3, 0.4) is 0 Å². The molecule has 2 amide bonds. The molecule has 1 aromatic carbocycles. The molecule has 4 rings (SSSR count). The fourth-order valence-corrected chi connectivity index (χ4v) is 3.56. The minimum absolute atomic E-state index is 0.0571. The first-order valence-corrected chi connectivity index (χ1v) is 10.0. The quantitative estimate of drug-likeness (QED) is 0.636. The Labute approximate surface area is 176 Å². The molecule has 0 aliphatic carbocycles. The number of aromatic nitrogens is 2. The van der Waals surface area contributed by atoms with E-state index in [1.807, 2.05) is 36.4 Å². The maximum atomic E-state index is 13.0. The predicted octanol–water partition coefficient (Wildman–Crippen LogP) is 3.49. The van der Waals surface area contributed by atoms with Crippen molar-refractivity contribution >= 4 is 46.3 Å². The van der Waals surface area contributed by atoms with E-state index in [0.717, 1.165) is 5.56 Å². The van der Waals surface area contributed by atoms with Crippen molar-refractivity contribution < 1.29 is 14.1 Å². The van der Waals surface area contributed by atoms with E-state index >= 15 is 0 Å². The van der Waals surface area contributed by atoms with Crippen LogP contribution in [0.25, 0.3) is 6.08 Å². The summed E-state index contributed by atoms with van der Waals surface area (Å²) in [5.41, 5.74) is 1.72. The number of nitrogens with zero attached hydrogens (tertiary/aromatic N) is 4. The van der Waals surface area contributed by atoms with Crippen LogP contribution in [-0.4, -0.2) is 32.9 Å². The van der Waals surface area contributed by atoms with Crippen LogP contribution in [-0.2, 0) is 9.59 Å². The number of amidine groups is 1. The second-order valence-corrected chi connectivity index (χ2v) is 7.29. The zero-order chi connectivity index (χ0) is 20.9. The van der Waals surface area contributed by atoms with Crippen LogP contribution in [0.5, 0.6) is 0 Å². The number of rotatable bonds is 5. The number of hydrogen-bond donors (Lipinski definition) is 1. The highest BCUT2D eigenvalue weighted by atomic mass is 32.2. The van der Waals surface area contributed by atoms with E-state index in [2.05, 4.69) is 20.4 Å². The Morgan fingerprint density at radius 1 is 1.23 bits per heavy atom. The van der Waals surface area contributed by atoms with Gasteiger partial charge in [-0.25, -0.2) is 4.99 Å². The average molecular weight is 419 g/mol. The van der Waals surface area contributed by atoms with Gasteiger partial charge in [-0.05, 0) is 36.8 Å². The fraction of sp³-hybridized carbons (Fsp3) is 0.0952. The Hall–Kier alpha value is -3.72. The summed E-state index contributed by atoms with van der Waals surface area (Å²) >= 11 is 1.17. The lowest BCUT2D eigenvalue weighted by atomic mass is 10.2. The second-order valence-electron chi connectivity index (χ2n) is 6.35. The van der Waals surface area contributed by atoms with Gasteiger partial charge in [-0.15, -0.1) is 0 Å². The molecule has 0 bridgehead atoms. The third-order valence-corrected chi connectivity index (χ3v) is 5.00. The lowest BCUT2D eigenvalue weighted by Crippen LogP contribution is -2.31. The van der Waals surface area contributed by atoms with E-state index in [-0.39, 0.29) is 23.3 Å². The van der Waals surface area contributed by atoms with E-state index < -0.39 is 0 Å². The SMILES string of the molecule is Cc1cc(NC(=O)CSC2=N/C(=C/c3cccnc3)C(=O)N2c2ccccc2)no1. The molecule has 0 atom stereocenters. The molecule has 0 saturated carbocycles. The molecule has 1 aliphatic rings. The molecule has 0 fully saturated rings. The van der Waals surface area contributed by atoms with E-state index in [4.69, 9.17) is 4.52 Å². The van der Waals surface area contributed by atoms with Crippen LogP contribution in [0.1, 0.15) is 11.3 Å². The van der Waals surface area contributed by atoms with Gasteiger partial charge in [0.25, 0.3) is 5.91 Å². The van der Waals surface area contributed by atoms with Gasteiger partial charge >= 0.3 is 0 Å². The van der Waals surface area contributed by atoms with Crippen molar-refractivity contribution in [1.82, 2.24) is 10.1 Å². The van der Waals surface area contributed by atoms with Gasteiger partial charge < -0.3 is 9.84 Å². The molecule has 0 saturated heterocycles. The number of aryl methyl sites for hydroxylation is 1. The zero-order valence-corrected chi connectivity index (χ0v) is 16.8. The van der Waals surface area contributed by atoms with Gasteiger partial charge in [-0.3, -0.25) is 19.5 Å².